The second-order valence-corrected chi connectivity index (χ2v) is 7.82. The number of nitrogens with zero attached hydrogens (tertiary/aromatic N) is 2. The van der Waals surface area contributed by atoms with Crippen LogP contribution >= 0.6 is 0 Å². The van der Waals surface area contributed by atoms with E-state index in [9.17, 15) is 9.90 Å². The first-order valence-corrected chi connectivity index (χ1v) is 9.82. The molecule has 1 aliphatic heterocycles. The van der Waals surface area contributed by atoms with Crippen LogP contribution in [-0.4, -0.2) is 59.1 Å². The maximum absolute atomic E-state index is 13.2. The van der Waals surface area contributed by atoms with E-state index in [-0.39, 0.29) is 11.9 Å². The predicted octanol–water partition coefficient (Wildman–Crippen LogP) is 3.29. The van der Waals surface area contributed by atoms with Crippen molar-refractivity contribution in [1.82, 2.24) is 9.80 Å². The van der Waals surface area contributed by atoms with Gasteiger partial charge in [-0.25, -0.2) is 0 Å². The van der Waals surface area contributed by atoms with E-state index in [0.717, 1.165) is 17.3 Å². The Kier molecular flexibility index (Phi) is 4.96. The topological polar surface area (TPSA) is 43.8 Å². The Balaban J connectivity index is 1.53. The Bertz CT molecular complexity index is 779. The van der Waals surface area contributed by atoms with Crippen LogP contribution in [0.3, 0.4) is 0 Å². The summed E-state index contributed by atoms with van der Waals surface area (Å²) in [5, 5.41) is 12.7. The van der Waals surface area contributed by atoms with E-state index in [0.29, 0.717) is 18.2 Å². The van der Waals surface area contributed by atoms with E-state index in [4.69, 9.17) is 0 Å². The molecule has 2 atom stereocenters. The van der Waals surface area contributed by atoms with Crippen molar-refractivity contribution >= 4 is 16.7 Å². The van der Waals surface area contributed by atoms with Crippen molar-refractivity contribution in [3.63, 3.8) is 0 Å². The summed E-state index contributed by atoms with van der Waals surface area (Å²) in [6.45, 7) is 1.46. The fourth-order valence-electron chi connectivity index (χ4n) is 4.68. The summed E-state index contributed by atoms with van der Waals surface area (Å²) in [6, 6.07) is 14.3. The van der Waals surface area contributed by atoms with Crippen molar-refractivity contribution in [2.24, 2.45) is 0 Å². The van der Waals surface area contributed by atoms with Gasteiger partial charge in [-0.05, 0) is 29.7 Å². The van der Waals surface area contributed by atoms with Crippen LogP contribution in [0.15, 0.2) is 42.5 Å². The maximum Gasteiger partial charge on any atom is 0.254 e. The number of carbonyl (C=O) groups excluding carboxylic acids is 1. The summed E-state index contributed by atoms with van der Waals surface area (Å²) in [4.78, 5) is 17.3. The Labute approximate surface area is 155 Å². The molecule has 1 saturated carbocycles. The van der Waals surface area contributed by atoms with Gasteiger partial charge < -0.3 is 10.0 Å². The van der Waals surface area contributed by atoms with Crippen LogP contribution in [0.4, 0.5) is 0 Å². The van der Waals surface area contributed by atoms with Crippen LogP contribution in [0.1, 0.15) is 42.5 Å². The minimum Gasteiger partial charge on any atom is -0.390 e. The van der Waals surface area contributed by atoms with E-state index in [1.807, 2.05) is 49.5 Å². The van der Waals surface area contributed by atoms with Crippen molar-refractivity contribution in [2.45, 2.75) is 50.3 Å². The number of likely N-dealkylation sites (N-methyl/N-ethyl adjacent to an activating group) is 1. The van der Waals surface area contributed by atoms with Crippen LogP contribution < -0.4 is 0 Å². The SMILES string of the molecule is CN(C(=O)c1cccc2ccccc12)C1CN(C2CCCCC2)CC1O. The molecule has 2 aromatic carbocycles. The van der Waals surface area contributed by atoms with Gasteiger partial charge in [0.25, 0.3) is 5.91 Å². The molecule has 138 valence electrons. The lowest BCUT2D eigenvalue weighted by Crippen LogP contribution is -2.44. The van der Waals surface area contributed by atoms with Gasteiger partial charge in [0.05, 0.1) is 12.1 Å². The molecule has 0 aromatic heterocycles. The molecule has 1 aliphatic carbocycles. The average Bonchev–Trinajstić information content (AvgIpc) is 3.09. The summed E-state index contributed by atoms with van der Waals surface area (Å²) >= 11 is 0. The van der Waals surface area contributed by atoms with Crippen molar-refractivity contribution in [1.29, 1.82) is 0 Å². The van der Waals surface area contributed by atoms with Crippen LogP contribution in [-0.2, 0) is 0 Å². The summed E-state index contributed by atoms with van der Waals surface area (Å²) in [7, 11) is 1.84. The highest BCUT2D eigenvalue weighted by atomic mass is 16.3. The third-order valence-corrected chi connectivity index (χ3v) is 6.22. The van der Waals surface area contributed by atoms with Crippen molar-refractivity contribution in [3.05, 3.63) is 48.0 Å². The fraction of sp³-hybridized carbons (Fsp3) is 0.500. The van der Waals surface area contributed by atoms with Crippen molar-refractivity contribution in [2.75, 3.05) is 20.1 Å². The Hall–Kier alpha value is -1.91. The maximum atomic E-state index is 13.2. The zero-order valence-electron chi connectivity index (χ0n) is 15.5. The Morgan fingerprint density at radius 2 is 1.77 bits per heavy atom. The van der Waals surface area contributed by atoms with Gasteiger partial charge in [0, 0.05) is 31.7 Å². The molecule has 2 unspecified atom stereocenters. The standard InChI is InChI=1S/C22H28N2O2/c1-23(20-14-24(15-21(20)25)17-10-3-2-4-11-17)22(26)19-13-7-9-16-8-5-6-12-18(16)19/h5-9,12-13,17,20-21,25H,2-4,10-11,14-15H2,1H3. The smallest absolute Gasteiger partial charge is 0.254 e. The van der Waals surface area contributed by atoms with Gasteiger partial charge in [0.1, 0.15) is 0 Å². The highest BCUT2D eigenvalue weighted by Gasteiger charge is 2.39. The summed E-state index contributed by atoms with van der Waals surface area (Å²) in [5.41, 5.74) is 0.717. The number of β-amino-alcohol motifs (C(OH)–C–C–N with tert-alkyl or cyclic N) is 1. The third-order valence-electron chi connectivity index (χ3n) is 6.22. The average molecular weight is 352 g/mol. The minimum atomic E-state index is -0.471. The molecule has 2 aromatic rings. The molecule has 1 amide bonds. The van der Waals surface area contributed by atoms with E-state index in [1.165, 1.54) is 32.1 Å². The van der Waals surface area contributed by atoms with Gasteiger partial charge in [-0.15, -0.1) is 0 Å². The van der Waals surface area contributed by atoms with Crippen LogP contribution in [0, 0.1) is 0 Å². The van der Waals surface area contributed by atoms with Crippen LogP contribution in [0.2, 0.25) is 0 Å². The molecule has 4 nitrogen and oxygen atoms in total. The first kappa shape index (κ1) is 17.5. The highest BCUT2D eigenvalue weighted by molar-refractivity contribution is 6.07. The van der Waals surface area contributed by atoms with Gasteiger partial charge >= 0.3 is 0 Å². The van der Waals surface area contributed by atoms with Crippen molar-refractivity contribution < 1.29 is 9.90 Å². The number of rotatable bonds is 3. The second-order valence-electron chi connectivity index (χ2n) is 7.82. The largest absolute Gasteiger partial charge is 0.390 e. The normalized spacial score (nSPS) is 24.8. The Morgan fingerprint density at radius 3 is 2.58 bits per heavy atom. The van der Waals surface area contributed by atoms with E-state index in [2.05, 4.69) is 4.90 Å². The molecule has 0 bridgehead atoms. The number of benzene rings is 2. The third kappa shape index (κ3) is 3.24. The molecular weight excluding hydrogens is 324 g/mol. The number of hydrogen-bond donors (Lipinski definition) is 1. The number of fused-ring (bicyclic) bond motifs is 1. The van der Waals surface area contributed by atoms with Crippen molar-refractivity contribution in [3.8, 4) is 0 Å². The molecule has 2 fully saturated rings. The predicted molar refractivity (Wildman–Crippen MR) is 104 cm³/mol. The molecule has 1 saturated heterocycles. The number of likely N-dealkylation sites (tertiary alicyclic amines) is 1. The first-order chi connectivity index (χ1) is 12.6. The molecular formula is C22H28N2O2. The number of hydrogen-bond acceptors (Lipinski definition) is 3. The summed E-state index contributed by atoms with van der Waals surface area (Å²) in [5.74, 6) is -0.00339. The second kappa shape index (κ2) is 7.37. The quantitative estimate of drug-likeness (QED) is 0.922. The number of aliphatic hydroxyl groups is 1. The van der Waals surface area contributed by atoms with E-state index < -0.39 is 6.10 Å². The molecule has 4 heteroatoms. The zero-order valence-corrected chi connectivity index (χ0v) is 15.5. The van der Waals surface area contributed by atoms with Gasteiger partial charge in [-0.1, -0.05) is 55.7 Å². The lowest BCUT2D eigenvalue weighted by molar-refractivity contribution is 0.0583. The molecule has 0 spiro atoms. The highest BCUT2D eigenvalue weighted by Crippen LogP contribution is 2.28. The summed E-state index contributed by atoms with van der Waals surface area (Å²) in [6.07, 6.45) is 5.87. The molecule has 2 aliphatic rings. The van der Waals surface area contributed by atoms with Gasteiger partial charge in [-0.3, -0.25) is 9.69 Å². The van der Waals surface area contributed by atoms with Crippen LogP contribution in [0.25, 0.3) is 10.8 Å². The lowest BCUT2D eigenvalue weighted by Gasteiger charge is -2.32. The van der Waals surface area contributed by atoms with Crippen LogP contribution in [0.5, 0.6) is 0 Å². The molecule has 1 N–H and O–H groups in total. The molecule has 1 heterocycles. The van der Waals surface area contributed by atoms with Gasteiger partial charge in [-0.2, -0.15) is 0 Å². The van der Waals surface area contributed by atoms with E-state index in [1.54, 1.807) is 4.90 Å². The zero-order chi connectivity index (χ0) is 18.1. The molecule has 26 heavy (non-hydrogen) atoms. The number of aliphatic hydroxyl groups excluding tert-OH is 1. The number of carbonyl (C=O) groups is 1. The van der Waals surface area contributed by atoms with Gasteiger partial charge in [0.2, 0.25) is 0 Å². The molecule has 4 rings (SSSR count). The number of amides is 1. The molecule has 0 radical (unpaired) electrons. The fourth-order valence-corrected chi connectivity index (χ4v) is 4.68. The summed E-state index contributed by atoms with van der Waals surface area (Å²) < 4.78 is 0. The first-order valence-electron chi connectivity index (χ1n) is 9.82. The Morgan fingerprint density at radius 1 is 1.04 bits per heavy atom. The van der Waals surface area contributed by atoms with Gasteiger partial charge in [0.15, 0.2) is 0 Å². The lowest BCUT2D eigenvalue weighted by atomic mass is 9.94. The van der Waals surface area contributed by atoms with E-state index >= 15 is 0 Å². The monoisotopic (exact) mass is 352 g/mol. The minimum absolute atomic E-state index is 0.00339.